The fourth-order valence-electron chi connectivity index (χ4n) is 2.38. The highest BCUT2D eigenvalue weighted by atomic mass is 127. The van der Waals surface area contributed by atoms with Crippen LogP contribution in [0.3, 0.4) is 0 Å². The molecule has 1 saturated carbocycles. The largest absolute Gasteiger partial charge is 0.327 e. The van der Waals surface area contributed by atoms with Crippen LogP contribution < -0.4 is 0 Å². The second-order valence-electron chi connectivity index (χ2n) is 4.75. The summed E-state index contributed by atoms with van der Waals surface area (Å²) in [6, 6.07) is 0. The first-order valence-electron chi connectivity index (χ1n) is 5.17. The molecule has 0 amide bonds. The van der Waals surface area contributed by atoms with Gasteiger partial charge in [-0.1, -0.05) is 23.5 Å². The van der Waals surface area contributed by atoms with Crippen LogP contribution in [0.15, 0.2) is 12.2 Å². The molecule has 0 aromatic rings. The van der Waals surface area contributed by atoms with Crippen molar-refractivity contribution >= 4 is 48.3 Å². The normalized spacial score (nSPS) is 50.1. The van der Waals surface area contributed by atoms with Gasteiger partial charge in [-0.2, -0.15) is 0 Å². The number of rotatable bonds is 1. The maximum Gasteiger partial charge on any atom is 0.178 e. The maximum atomic E-state index is 6.11. The molecule has 2 fully saturated rings. The van der Waals surface area contributed by atoms with Gasteiger partial charge in [0.2, 0.25) is 0 Å². The van der Waals surface area contributed by atoms with Crippen molar-refractivity contribution in [1.82, 2.24) is 0 Å². The minimum absolute atomic E-state index is 0.0489. The van der Waals surface area contributed by atoms with E-state index in [1.807, 2.05) is 11.4 Å². The molecule has 86 valence electrons. The SMILES string of the molecule is C=C(C)[C@@H]1CC[C@]2(C)O[P@](=S)(I)S[C@H]2C1. The standard InChI is InChI=1S/C10H16IOPS2/c1-7(2)8-4-5-10(3)9(6-8)15-13(11,14)12-10/h8-9H,1,4-6H2,2-3H3/t8-,9+,10+,13+/m1/s1. The summed E-state index contributed by atoms with van der Waals surface area (Å²) in [4.78, 5) is 0. The van der Waals surface area contributed by atoms with E-state index in [0.717, 1.165) is 6.42 Å². The van der Waals surface area contributed by atoms with Crippen molar-refractivity contribution in [2.75, 3.05) is 0 Å². The Kier molecular flexibility index (Phi) is 3.67. The molecule has 2 aliphatic rings. The molecular formula is C10H16IOPS2. The average molecular weight is 374 g/mol. The number of fused-ring (bicyclic) bond motifs is 1. The molecule has 1 nitrogen and oxygen atoms in total. The van der Waals surface area contributed by atoms with Crippen LogP contribution in [0.1, 0.15) is 33.1 Å². The summed E-state index contributed by atoms with van der Waals surface area (Å²) in [5.74, 6) is 0.684. The zero-order valence-corrected chi connectivity index (χ0v) is 13.7. The summed E-state index contributed by atoms with van der Waals surface area (Å²) in [5, 5.41) is 0.593. The number of halogens is 1. The molecule has 4 atom stereocenters. The molecule has 1 aliphatic carbocycles. The number of allylic oxidation sites excluding steroid dienone is 1. The molecule has 0 bridgehead atoms. The van der Waals surface area contributed by atoms with Crippen LogP contribution in [0, 0.1) is 5.92 Å². The summed E-state index contributed by atoms with van der Waals surface area (Å²) in [6.45, 7) is 8.47. The molecule has 0 radical (unpaired) electrons. The van der Waals surface area contributed by atoms with E-state index in [1.165, 1.54) is 18.4 Å². The Bertz CT molecular complexity index is 346. The molecule has 0 unspecified atom stereocenters. The average Bonchev–Trinajstić information content (AvgIpc) is 2.31. The molecule has 1 aliphatic heterocycles. The Balaban J connectivity index is 2.16. The van der Waals surface area contributed by atoms with E-state index in [1.54, 1.807) is 0 Å². The van der Waals surface area contributed by atoms with Gasteiger partial charge < -0.3 is 4.52 Å². The lowest BCUT2D eigenvalue weighted by Crippen LogP contribution is -2.40. The van der Waals surface area contributed by atoms with Crippen LogP contribution in [0.4, 0.5) is 0 Å². The topological polar surface area (TPSA) is 9.23 Å². The van der Waals surface area contributed by atoms with Crippen LogP contribution in [0.2, 0.25) is 0 Å². The monoisotopic (exact) mass is 374 g/mol. The van der Waals surface area contributed by atoms with Crippen molar-refractivity contribution < 1.29 is 4.52 Å². The van der Waals surface area contributed by atoms with Gasteiger partial charge in [0.1, 0.15) is 0 Å². The van der Waals surface area contributed by atoms with Crippen molar-refractivity contribution in [3.05, 3.63) is 12.2 Å². The quantitative estimate of drug-likeness (QED) is 0.367. The predicted octanol–water partition coefficient (Wildman–Crippen LogP) is 4.91. The Morgan fingerprint density at radius 1 is 1.73 bits per heavy atom. The van der Waals surface area contributed by atoms with Crippen LogP contribution in [-0.4, -0.2) is 10.9 Å². The van der Waals surface area contributed by atoms with E-state index in [9.17, 15) is 0 Å². The summed E-state index contributed by atoms with van der Waals surface area (Å²) >= 11 is 9.79. The van der Waals surface area contributed by atoms with E-state index in [0.29, 0.717) is 11.2 Å². The molecular weight excluding hydrogens is 358 g/mol. The van der Waals surface area contributed by atoms with Gasteiger partial charge in [0.25, 0.3) is 0 Å². The molecule has 0 aromatic heterocycles. The third-order valence-corrected chi connectivity index (χ3v) is 10.6. The summed E-state index contributed by atoms with van der Waals surface area (Å²) in [6.07, 6.45) is 3.57. The van der Waals surface area contributed by atoms with E-state index >= 15 is 0 Å². The fourth-order valence-corrected chi connectivity index (χ4v) is 12.0. The van der Waals surface area contributed by atoms with Crippen molar-refractivity contribution in [2.45, 2.75) is 44.0 Å². The molecule has 5 heteroatoms. The van der Waals surface area contributed by atoms with Gasteiger partial charge >= 0.3 is 0 Å². The van der Waals surface area contributed by atoms with E-state index in [-0.39, 0.29) is 5.60 Å². The van der Waals surface area contributed by atoms with Crippen LogP contribution in [0.5, 0.6) is 0 Å². The van der Waals surface area contributed by atoms with Gasteiger partial charge in [-0.05, 0) is 50.8 Å². The Labute approximate surface area is 114 Å². The molecule has 1 heterocycles. The van der Waals surface area contributed by atoms with E-state index in [2.05, 4.69) is 42.5 Å². The molecule has 1 saturated heterocycles. The van der Waals surface area contributed by atoms with E-state index in [4.69, 9.17) is 16.3 Å². The second kappa shape index (κ2) is 4.27. The Hall–Kier alpha value is 1.43. The minimum Gasteiger partial charge on any atom is -0.327 e. The molecule has 0 N–H and O–H groups in total. The van der Waals surface area contributed by atoms with Crippen molar-refractivity contribution in [3.63, 3.8) is 0 Å². The van der Waals surface area contributed by atoms with Gasteiger partial charge in [0, 0.05) is 27.3 Å². The molecule has 2 rings (SSSR count). The number of hydrogen-bond acceptors (Lipinski definition) is 3. The lowest BCUT2D eigenvalue weighted by Gasteiger charge is -2.37. The highest BCUT2D eigenvalue weighted by Crippen LogP contribution is 2.78. The summed E-state index contributed by atoms with van der Waals surface area (Å²) < 4.78 is 4.53. The smallest absolute Gasteiger partial charge is 0.178 e. The third kappa shape index (κ3) is 2.65. The lowest BCUT2D eigenvalue weighted by atomic mass is 9.77. The summed E-state index contributed by atoms with van der Waals surface area (Å²) in [7, 11) is 0. The van der Waals surface area contributed by atoms with E-state index < -0.39 is 3.11 Å². The van der Waals surface area contributed by atoms with Crippen molar-refractivity contribution in [3.8, 4) is 0 Å². The van der Waals surface area contributed by atoms with Gasteiger partial charge in [0.15, 0.2) is 3.11 Å². The zero-order valence-electron chi connectivity index (χ0n) is 9.03. The van der Waals surface area contributed by atoms with Crippen LogP contribution in [-0.2, 0) is 16.3 Å². The van der Waals surface area contributed by atoms with Gasteiger partial charge in [-0.15, -0.1) is 0 Å². The predicted molar refractivity (Wildman–Crippen MR) is 81.3 cm³/mol. The third-order valence-electron chi connectivity index (χ3n) is 3.44. The first kappa shape index (κ1) is 12.9. The highest BCUT2D eigenvalue weighted by Gasteiger charge is 2.51. The van der Waals surface area contributed by atoms with Crippen molar-refractivity contribution in [2.24, 2.45) is 5.92 Å². The van der Waals surface area contributed by atoms with Crippen molar-refractivity contribution in [1.29, 1.82) is 0 Å². The zero-order chi connectivity index (χ0) is 11.3. The molecule has 15 heavy (non-hydrogen) atoms. The van der Waals surface area contributed by atoms with Crippen LogP contribution >= 0.6 is 36.5 Å². The number of hydrogen-bond donors (Lipinski definition) is 0. The fraction of sp³-hybridized carbons (Fsp3) is 0.800. The maximum absolute atomic E-state index is 6.11. The van der Waals surface area contributed by atoms with Gasteiger partial charge in [-0.25, -0.2) is 0 Å². The highest BCUT2D eigenvalue weighted by molar-refractivity contribution is 14.2. The molecule has 0 spiro atoms. The first-order valence-corrected chi connectivity index (χ1v) is 12.2. The minimum atomic E-state index is -1.58. The molecule has 0 aromatic carbocycles. The first-order chi connectivity index (χ1) is 6.82. The van der Waals surface area contributed by atoms with Gasteiger partial charge in [0.05, 0.1) is 5.60 Å². The second-order valence-corrected chi connectivity index (χ2v) is 19.0. The Morgan fingerprint density at radius 3 is 3.00 bits per heavy atom. The Morgan fingerprint density at radius 2 is 2.40 bits per heavy atom. The van der Waals surface area contributed by atoms with Gasteiger partial charge in [-0.3, -0.25) is 0 Å². The lowest BCUT2D eigenvalue weighted by molar-refractivity contribution is 0.0701. The summed E-state index contributed by atoms with van der Waals surface area (Å²) in [5.41, 5.74) is 1.37. The van der Waals surface area contributed by atoms with Crippen LogP contribution in [0.25, 0.3) is 0 Å².